The second-order valence-corrected chi connectivity index (χ2v) is 8.87. The zero-order valence-corrected chi connectivity index (χ0v) is 16.8. The highest BCUT2D eigenvalue weighted by atomic mass is 16.5. The number of aryl methyl sites for hydroxylation is 2. The molecule has 2 aromatic carbocycles. The van der Waals surface area contributed by atoms with Crippen molar-refractivity contribution in [3.05, 3.63) is 59.7 Å². The first-order valence-corrected chi connectivity index (χ1v) is 10.2. The Morgan fingerprint density at radius 3 is 2.44 bits per heavy atom. The van der Waals surface area contributed by atoms with Crippen LogP contribution < -0.4 is 9.30 Å². The van der Waals surface area contributed by atoms with Crippen molar-refractivity contribution in [2.24, 2.45) is 7.05 Å². The van der Waals surface area contributed by atoms with Crippen LogP contribution in [0.5, 0.6) is 5.75 Å². The molecule has 1 aliphatic heterocycles. The van der Waals surface area contributed by atoms with Gasteiger partial charge in [0.25, 0.3) is 0 Å². The second-order valence-electron chi connectivity index (χ2n) is 8.87. The van der Waals surface area contributed by atoms with E-state index in [0.717, 1.165) is 5.75 Å². The molecule has 1 saturated carbocycles. The topological polar surface area (TPSA) is 13.1 Å². The molecule has 0 amide bonds. The number of pyridine rings is 1. The Labute approximate surface area is 161 Å². The summed E-state index contributed by atoms with van der Waals surface area (Å²) in [6.07, 6.45) is 5.08. The lowest BCUT2D eigenvalue weighted by Crippen LogP contribution is -2.44. The lowest BCUT2D eigenvalue weighted by molar-refractivity contribution is -0.633. The summed E-state index contributed by atoms with van der Waals surface area (Å²) in [5.41, 5.74) is 6.47. The Hall–Kier alpha value is -2.35. The smallest absolute Gasteiger partial charge is 0.216 e. The van der Waals surface area contributed by atoms with Crippen LogP contribution in [-0.4, -0.2) is 5.60 Å². The molecular formula is C25H28NO+. The zero-order valence-electron chi connectivity index (χ0n) is 16.8. The molecule has 1 spiro atoms. The van der Waals surface area contributed by atoms with E-state index >= 15 is 0 Å². The number of ether oxygens (including phenoxy) is 1. The molecule has 0 saturated heterocycles. The maximum Gasteiger partial charge on any atom is 0.216 e. The van der Waals surface area contributed by atoms with E-state index < -0.39 is 0 Å². The van der Waals surface area contributed by atoms with Crippen LogP contribution >= 0.6 is 0 Å². The predicted molar refractivity (Wildman–Crippen MR) is 110 cm³/mol. The third-order valence-corrected chi connectivity index (χ3v) is 7.18. The van der Waals surface area contributed by atoms with Gasteiger partial charge in [0, 0.05) is 28.5 Å². The van der Waals surface area contributed by atoms with Crippen LogP contribution in [0.15, 0.2) is 48.5 Å². The van der Waals surface area contributed by atoms with Crippen LogP contribution in [0.1, 0.15) is 50.7 Å². The molecular weight excluding hydrogens is 330 g/mol. The lowest BCUT2D eigenvalue weighted by atomic mass is 9.69. The number of fused-ring (bicyclic) bond motifs is 3. The molecule has 2 aliphatic rings. The fraction of sp³-hybridized carbons (Fsp3) is 0.400. The highest BCUT2D eigenvalue weighted by Gasteiger charge is 2.56. The molecule has 1 aliphatic carbocycles. The number of nitrogens with zero attached hydrogens (tertiary/aromatic N) is 1. The lowest BCUT2D eigenvalue weighted by Gasteiger charge is -2.36. The van der Waals surface area contributed by atoms with Crippen LogP contribution in [0.25, 0.3) is 22.2 Å². The van der Waals surface area contributed by atoms with Gasteiger partial charge in [-0.15, -0.1) is 0 Å². The summed E-state index contributed by atoms with van der Waals surface area (Å²) in [5.74, 6) is 1.12. The Morgan fingerprint density at radius 1 is 0.926 bits per heavy atom. The minimum Gasteiger partial charge on any atom is -0.486 e. The van der Waals surface area contributed by atoms with E-state index in [9.17, 15) is 0 Å². The molecule has 3 aromatic rings. The summed E-state index contributed by atoms with van der Waals surface area (Å²) in [6.45, 7) is 6.79. The molecule has 0 atom stereocenters. The van der Waals surface area contributed by atoms with Crippen LogP contribution in [0.4, 0.5) is 0 Å². The van der Waals surface area contributed by atoms with Gasteiger partial charge in [0.2, 0.25) is 11.2 Å². The molecule has 0 N–H and O–H groups in total. The van der Waals surface area contributed by atoms with Crippen LogP contribution in [0, 0.1) is 6.92 Å². The average Bonchev–Trinajstić information content (AvgIpc) is 3.22. The third-order valence-electron chi connectivity index (χ3n) is 7.18. The van der Waals surface area contributed by atoms with E-state index in [1.807, 2.05) is 0 Å². The standard InChI is InChI=1S/C25H28NO/c1-17-11-13-19-23(27-24(2,3)25(19)15-7-8-16-25)22(17)21-14-12-18-9-5-6-10-20(18)26(21)4/h5-6,9-14H,7-8,15-16H2,1-4H3/q+1. The fourth-order valence-electron chi connectivity index (χ4n) is 5.60. The Kier molecular flexibility index (Phi) is 3.47. The van der Waals surface area contributed by atoms with E-state index in [2.05, 4.69) is 80.9 Å². The van der Waals surface area contributed by atoms with Crippen molar-refractivity contribution in [2.75, 3.05) is 0 Å². The largest absolute Gasteiger partial charge is 0.486 e. The maximum absolute atomic E-state index is 6.75. The first-order chi connectivity index (χ1) is 12.9. The van der Waals surface area contributed by atoms with Crippen molar-refractivity contribution in [1.29, 1.82) is 0 Å². The number of hydrogen-bond donors (Lipinski definition) is 0. The normalized spacial score (nSPS) is 19.4. The Balaban J connectivity index is 1.79. The Bertz CT molecular complexity index is 1060. The fourth-order valence-corrected chi connectivity index (χ4v) is 5.60. The van der Waals surface area contributed by atoms with Crippen molar-refractivity contribution < 1.29 is 9.30 Å². The van der Waals surface area contributed by atoms with E-state index in [1.54, 1.807) is 0 Å². The van der Waals surface area contributed by atoms with Crippen molar-refractivity contribution >= 4 is 10.9 Å². The van der Waals surface area contributed by atoms with Gasteiger partial charge in [-0.1, -0.05) is 37.1 Å². The maximum atomic E-state index is 6.75. The van der Waals surface area contributed by atoms with Gasteiger partial charge in [0.1, 0.15) is 18.4 Å². The number of benzene rings is 2. The number of para-hydroxylation sites is 1. The molecule has 27 heavy (non-hydrogen) atoms. The van der Waals surface area contributed by atoms with E-state index in [-0.39, 0.29) is 11.0 Å². The molecule has 1 aromatic heterocycles. The highest BCUT2D eigenvalue weighted by Crippen LogP contribution is 2.59. The van der Waals surface area contributed by atoms with Crippen molar-refractivity contribution in [3.8, 4) is 17.0 Å². The van der Waals surface area contributed by atoms with Crippen molar-refractivity contribution in [1.82, 2.24) is 0 Å². The van der Waals surface area contributed by atoms with Gasteiger partial charge in [-0.2, -0.15) is 4.57 Å². The van der Waals surface area contributed by atoms with Gasteiger partial charge in [-0.25, -0.2) is 0 Å². The molecule has 0 radical (unpaired) electrons. The molecule has 0 bridgehead atoms. The molecule has 2 heteroatoms. The van der Waals surface area contributed by atoms with Gasteiger partial charge in [0.05, 0.1) is 5.56 Å². The van der Waals surface area contributed by atoms with Crippen LogP contribution in [0.2, 0.25) is 0 Å². The minimum absolute atomic E-state index is 0.149. The number of aromatic nitrogens is 1. The van der Waals surface area contributed by atoms with Crippen LogP contribution in [0.3, 0.4) is 0 Å². The van der Waals surface area contributed by atoms with E-state index in [1.165, 1.54) is 59.0 Å². The summed E-state index contributed by atoms with van der Waals surface area (Å²) >= 11 is 0. The second kappa shape index (κ2) is 5.58. The molecule has 2 heterocycles. The summed E-state index contributed by atoms with van der Waals surface area (Å²) < 4.78 is 9.07. The Morgan fingerprint density at radius 2 is 1.67 bits per heavy atom. The van der Waals surface area contributed by atoms with Crippen LogP contribution in [-0.2, 0) is 12.5 Å². The summed E-state index contributed by atoms with van der Waals surface area (Å²) in [5, 5.41) is 1.27. The van der Waals surface area contributed by atoms with Gasteiger partial charge in [-0.05, 0) is 51.3 Å². The van der Waals surface area contributed by atoms with Gasteiger partial charge in [0.15, 0.2) is 0 Å². The molecule has 5 rings (SSSR count). The van der Waals surface area contributed by atoms with E-state index in [0.29, 0.717) is 0 Å². The quantitative estimate of drug-likeness (QED) is 0.514. The van der Waals surface area contributed by atoms with Gasteiger partial charge in [-0.3, -0.25) is 0 Å². The first kappa shape index (κ1) is 16.8. The van der Waals surface area contributed by atoms with Crippen molar-refractivity contribution in [3.63, 3.8) is 0 Å². The number of rotatable bonds is 1. The molecule has 138 valence electrons. The third kappa shape index (κ3) is 2.16. The predicted octanol–water partition coefficient (Wildman–Crippen LogP) is 5.62. The molecule has 1 fully saturated rings. The summed E-state index contributed by atoms with van der Waals surface area (Å²) in [7, 11) is 2.17. The van der Waals surface area contributed by atoms with E-state index in [4.69, 9.17) is 4.74 Å². The zero-order chi connectivity index (χ0) is 18.8. The summed E-state index contributed by atoms with van der Waals surface area (Å²) in [4.78, 5) is 0. The minimum atomic E-state index is -0.149. The SMILES string of the molecule is Cc1ccc2c(c1-c1ccc3ccccc3[n+]1C)OC(C)(C)C21CCCC1. The molecule has 0 unspecified atom stereocenters. The first-order valence-electron chi connectivity index (χ1n) is 10.2. The number of hydrogen-bond acceptors (Lipinski definition) is 1. The average molecular weight is 359 g/mol. The highest BCUT2D eigenvalue weighted by molar-refractivity contribution is 5.80. The van der Waals surface area contributed by atoms with Gasteiger partial charge >= 0.3 is 0 Å². The van der Waals surface area contributed by atoms with Gasteiger partial charge < -0.3 is 4.74 Å². The molecule has 2 nitrogen and oxygen atoms in total. The summed E-state index contributed by atoms with van der Waals surface area (Å²) in [6, 6.07) is 17.7. The van der Waals surface area contributed by atoms with Crippen molar-refractivity contribution in [2.45, 2.75) is 57.5 Å². The monoisotopic (exact) mass is 358 g/mol.